The molecule has 0 aliphatic rings. The van der Waals surface area contributed by atoms with Gasteiger partial charge in [0.15, 0.2) is 0 Å². The molecule has 0 amide bonds. The van der Waals surface area contributed by atoms with Gasteiger partial charge in [0, 0.05) is 0 Å². The van der Waals surface area contributed by atoms with E-state index < -0.39 is 11.6 Å². The average Bonchev–Trinajstić information content (AvgIpc) is 2.98. The Labute approximate surface area is 189 Å². The molecule has 151 valence electrons. The quantitative estimate of drug-likeness (QED) is 0.460. The molecule has 3 aromatic rings. The third-order valence-electron chi connectivity index (χ3n) is 3.65. The fourth-order valence-corrected chi connectivity index (χ4v) is 6.07. The number of nitrogens with zero attached hydrogens (tertiary/aromatic N) is 1. The van der Waals surface area contributed by atoms with Crippen LogP contribution in [0.5, 0.6) is 5.88 Å². The van der Waals surface area contributed by atoms with E-state index in [1.54, 1.807) is 0 Å². The van der Waals surface area contributed by atoms with Crippen LogP contribution in [0.25, 0.3) is 10.4 Å². The van der Waals surface area contributed by atoms with Crippen LogP contribution in [-0.2, 0) is 6.42 Å². The Morgan fingerprint density at radius 2 is 1.79 bits per heavy atom. The number of nitrogens with two attached hydrogens (primary N) is 1. The molecule has 0 saturated heterocycles. The fraction of sp³-hybridized carbons (Fsp3) is 0.167. The first-order valence-corrected chi connectivity index (χ1v) is 11.2. The molecule has 3 nitrogen and oxygen atoms in total. The Kier molecular flexibility index (Phi) is 10.2. The monoisotopic (exact) mass is 527 g/mol. The molecule has 0 bridgehead atoms. The second-order valence-electron chi connectivity index (χ2n) is 5.71. The summed E-state index contributed by atoms with van der Waals surface area (Å²) in [6.45, 7) is 0. The van der Waals surface area contributed by atoms with E-state index in [9.17, 15) is 13.9 Å². The molecule has 0 aliphatic heterocycles. The Bertz CT molecular complexity index is 912. The summed E-state index contributed by atoms with van der Waals surface area (Å²) >= 11 is 6.84. The predicted molar refractivity (Wildman–Crippen MR) is 117 cm³/mol. The Hall–Kier alpha value is -0.882. The Morgan fingerprint density at radius 1 is 1.11 bits per heavy atom. The third-order valence-corrected chi connectivity index (χ3v) is 8.19. The van der Waals surface area contributed by atoms with E-state index in [2.05, 4.69) is 4.98 Å². The van der Waals surface area contributed by atoms with Crippen LogP contribution >= 0.6 is 47.8 Å². The van der Waals surface area contributed by atoms with Crippen LogP contribution in [0.4, 0.5) is 8.78 Å². The molecule has 1 aromatic heterocycles. The molecule has 1 heterocycles. The number of aromatic nitrogens is 1. The second kappa shape index (κ2) is 11.3. The molecule has 1 atom stereocenters. The first-order chi connectivity index (χ1) is 12.4. The van der Waals surface area contributed by atoms with Gasteiger partial charge in [-0.3, -0.25) is 0 Å². The number of hydrogen-bond donors (Lipinski definition) is 2. The van der Waals surface area contributed by atoms with E-state index in [1.807, 2.05) is 24.3 Å². The zero-order valence-electron chi connectivity index (χ0n) is 14.3. The molecule has 2 aromatic carbocycles. The van der Waals surface area contributed by atoms with Crippen LogP contribution in [-0.4, -0.2) is 31.9 Å². The van der Waals surface area contributed by atoms with Crippen molar-refractivity contribution in [2.24, 2.45) is 5.73 Å². The van der Waals surface area contributed by atoms with Crippen molar-refractivity contribution in [1.29, 1.82) is 0 Å². The Morgan fingerprint density at radius 3 is 2.43 bits per heavy atom. The summed E-state index contributed by atoms with van der Waals surface area (Å²) in [5.41, 5.74) is 7.73. The summed E-state index contributed by atoms with van der Waals surface area (Å²) in [6, 6.07) is 11.1. The van der Waals surface area contributed by atoms with Crippen molar-refractivity contribution in [2.45, 2.75) is 17.7 Å². The van der Waals surface area contributed by atoms with Crippen molar-refractivity contribution in [3.63, 3.8) is 0 Å². The van der Waals surface area contributed by atoms with Crippen LogP contribution in [0.1, 0.15) is 5.56 Å². The van der Waals surface area contributed by atoms with E-state index in [4.69, 9.17) is 17.3 Å². The van der Waals surface area contributed by atoms with Gasteiger partial charge in [-0.25, -0.2) is 0 Å². The molecule has 0 saturated carbocycles. The molecular weight excluding hydrogens is 512 g/mol. The molecule has 0 aliphatic carbocycles. The van der Waals surface area contributed by atoms with Crippen LogP contribution in [0.15, 0.2) is 42.5 Å². The maximum absolute atomic E-state index is 13.4. The molecule has 3 rings (SSSR count). The van der Waals surface area contributed by atoms with Crippen LogP contribution in [0, 0.1) is 11.6 Å². The van der Waals surface area contributed by atoms with Crippen LogP contribution in [0.3, 0.4) is 0 Å². The van der Waals surface area contributed by atoms with Gasteiger partial charge in [-0.05, 0) is 0 Å². The van der Waals surface area contributed by atoms with Gasteiger partial charge in [0.2, 0.25) is 0 Å². The summed E-state index contributed by atoms with van der Waals surface area (Å²) in [4.78, 5) is 4.60. The van der Waals surface area contributed by atoms with E-state index in [0.717, 1.165) is 33.1 Å². The SMILES string of the molecule is Cl.Cl.N[C@H](C[As]c1nc(O)c(-c2ccc(F)c(F)c2)s1)Cc1ccc(Cl)cc1. The summed E-state index contributed by atoms with van der Waals surface area (Å²) < 4.78 is 27.3. The van der Waals surface area contributed by atoms with E-state index in [1.165, 1.54) is 17.4 Å². The topological polar surface area (TPSA) is 59.1 Å². The van der Waals surface area contributed by atoms with Gasteiger partial charge in [0.05, 0.1) is 0 Å². The summed E-state index contributed by atoms with van der Waals surface area (Å²) in [5.74, 6) is -2.02. The fourth-order valence-electron chi connectivity index (χ4n) is 2.38. The summed E-state index contributed by atoms with van der Waals surface area (Å²) in [7, 11) is 0. The summed E-state index contributed by atoms with van der Waals surface area (Å²) in [5, 5.41) is 11.5. The first-order valence-electron chi connectivity index (χ1n) is 7.75. The van der Waals surface area contributed by atoms with Gasteiger partial charge in [0.25, 0.3) is 0 Å². The zero-order valence-corrected chi connectivity index (χ0v) is 19.4. The van der Waals surface area contributed by atoms with Crippen molar-refractivity contribution in [3.05, 3.63) is 64.7 Å². The predicted octanol–water partition coefficient (Wildman–Crippen LogP) is 4.61. The van der Waals surface area contributed by atoms with Crippen molar-refractivity contribution in [1.82, 2.24) is 4.98 Å². The molecule has 28 heavy (non-hydrogen) atoms. The second-order valence-corrected chi connectivity index (χ2v) is 10.1. The van der Waals surface area contributed by atoms with E-state index in [0.29, 0.717) is 15.5 Å². The average molecular weight is 529 g/mol. The van der Waals surface area contributed by atoms with Gasteiger partial charge in [0.1, 0.15) is 0 Å². The normalized spacial score (nSPS) is 11.9. The number of rotatable bonds is 6. The molecule has 1 radical (unpaired) electrons. The van der Waals surface area contributed by atoms with Crippen LogP contribution < -0.4 is 9.53 Å². The zero-order chi connectivity index (χ0) is 18.7. The maximum atomic E-state index is 13.4. The van der Waals surface area contributed by atoms with Gasteiger partial charge < -0.3 is 0 Å². The number of hydrogen-bond acceptors (Lipinski definition) is 4. The number of thiazole rings is 1. The Balaban J connectivity index is 0.00000196. The van der Waals surface area contributed by atoms with E-state index >= 15 is 0 Å². The minimum atomic E-state index is -0.949. The number of benzene rings is 2. The van der Waals surface area contributed by atoms with E-state index in [-0.39, 0.29) is 52.5 Å². The number of halogens is 5. The summed E-state index contributed by atoms with van der Waals surface area (Å²) in [6.07, 6.45) is 0.736. The van der Waals surface area contributed by atoms with Gasteiger partial charge >= 0.3 is 166 Å². The molecule has 0 fully saturated rings. The molecule has 3 N–H and O–H groups in total. The molecular formula is C18H17AsCl3F2N2OS. The van der Waals surface area contributed by atoms with Gasteiger partial charge in [-0.2, -0.15) is 0 Å². The number of aromatic hydroxyl groups is 1. The molecule has 0 spiro atoms. The molecule has 10 heteroatoms. The third kappa shape index (κ3) is 6.58. The van der Waals surface area contributed by atoms with Gasteiger partial charge in [-0.15, -0.1) is 24.8 Å². The van der Waals surface area contributed by atoms with Crippen molar-refractivity contribution in [2.75, 3.05) is 0 Å². The van der Waals surface area contributed by atoms with Crippen molar-refractivity contribution >= 4 is 67.3 Å². The van der Waals surface area contributed by atoms with Crippen molar-refractivity contribution in [3.8, 4) is 16.3 Å². The van der Waals surface area contributed by atoms with Crippen LogP contribution in [0.2, 0.25) is 10.2 Å². The first kappa shape index (κ1) is 25.2. The standard InChI is InChI=1S/C18H15AsClF2N2OS.2ClH/c20-12-4-1-10(2-5-12)7-13(23)9-19-18-24-17(25)16(26-18)11-3-6-14(21)15(22)8-11;;/h1-6,8,13,25H,7,9,23H2;2*1H/t13-;;/m0../s1. The van der Waals surface area contributed by atoms with Gasteiger partial charge in [-0.1, -0.05) is 0 Å². The minimum absolute atomic E-state index is 0. The molecule has 0 unspecified atom stereocenters. The van der Waals surface area contributed by atoms with Crippen molar-refractivity contribution < 1.29 is 13.9 Å².